The molecule has 8 nitrogen and oxygen atoms in total. The van der Waals surface area contributed by atoms with E-state index in [9.17, 15) is 14.4 Å². The standard InChI is InChI=1S/C21H22N4O4/c1-29-21(28)16-11-22-19-15-10-14(7-8-17(15)23-12-25(19)20(16)27)24-18(26)9-6-13-4-2-3-5-13/h7-8,10-13H,2-6,9H2,1H3,(H,24,26). The number of rotatable bonds is 5. The van der Waals surface area contributed by atoms with E-state index in [4.69, 9.17) is 0 Å². The molecule has 3 aromatic rings. The van der Waals surface area contributed by atoms with E-state index in [1.54, 1.807) is 18.2 Å². The fourth-order valence-corrected chi connectivity index (χ4v) is 3.91. The van der Waals surface area contributed by atoms with Gasteiger partial charge in [0, 0.05) is 23.7 Å². The molecule has 2 heterocycles. The van der Waals surface area contributed by atoms with Crippen molar-refractivity contribution in [2.75, 3.05) is 12.4 Å². The number of aromatic nitrogens is 3. The number of carbonyl (C=O) groups excluding carboxylic acids is 2. The number of methoxy groups -OCH3 is 1. The molecule has 2 aromatic heterocycles. The van der Waals surface area contributed by atoms with E-state index < -0.39 is 11.5 Å². The largest absolute Gasteiger partial charge is 0.465 e. The smallest absolute Gasteiger partial charge is 0.345 e. The minimum Gasteiger partial charge on any atom is -0.465 e. The first-order valence-electron chi connectivity index (χ1n) is 9.75. The highest BCUT2D eigenvalue weighted by Crippen LogP contribution is 2.28. The van der Waals surface area contributed by atoms with Crippen LogP contribution >= 0.6 is 0 Å². The molecule has 1 aromatic carbocycles. The van der Waals surface area contributed by atoms with Crippen molar-refractivity contribution in [2.24, 2.45) is 5.92 Å². The molecule has 0 spiro atoms. The van der Waals surface area contributed by atoms with Gasteiger partial charge < -0.3 is 10.1 Å². The highest BCUT2D eigenvalue weighted by Gasteiger charge is 2.17. The molecule has 0 aliphatic heterocycles. The first-order chi connectivity index (χ1) is 14.1. The van der Waals surface area contributed by atoms with Gasteiger partial charge in [0.15, 0.2) is 0 Å². The molecule has 1 N–H and O–H groups in total. The average Bonchev–Trinajstić information content (AvgIpc) is 3.25. The number of esters is 1. The molecule has 0 radical (unpaired) electrons. The molecule has 4 rings (SSSR count). The van der Waals surface area contributed by atoms with Gasteiger partial charge >= 0.3 is 5.97 Å². The zero-order valence-electron chi connectivity index (χ0n) is 16.2. The Morgan fingerprint density at radius 2 is 2.03 bits per heavy atom. The van der Waals surface area contributed by atoms with Crippen molar-refractivity contribution in [1.29, 1.82) is 0 Å². The van der Waals surface area contributed by atoms with Crippen LogP contribution in [0.4, 0.5) is 5.69 Å². The number of anilines is 1. The first kappa shape index (κ1) is 19.0. The highest BCUT2D eigenvalue weighted by molar-refractivity contribution is 5.98. The van der Waals surface area contributed by atoms with Crippen LogP contribution < -0.4 is 10.9 Å². The summed E-state index contributed by atoms with van der Waals surface area (Å²) in [5, 5.41) is 3.53. The summed E-state index contributed by atoms with van der Waals surface area (Å²) in [6.45, 7) is 0. The summed E-state index contributed by atoms with van der Waals surface area (Å²) >= 11 is 0. The Hall–Kier alpha value is -3.29. The zero-order valence-corrected chi connectivity index (χ0v) is 16.2. The Balaban J connectivity index is 1.62. The van der Waals surface area contributed by atoms with Crippen LogP contribution in [-0.2, 0) is 9.53 Å². The van der Waals surface area contributed by atoms with Crippen molar-refractivity contribution in [3.8, 4) is 0 Å². The molecule has 0 saturated heterocycles. The van der Waals surface area contributed by atoms with Crippen molar-refractivity contribution in [3.05, 3.63) is 46.6 Å². The second-order valence-electron chi connectivity index (χ2n) is 7.38. The van der Waals surface area contributed by atoms with Crippen molar-refractivity contribution in [3.63, 3.8) is 0 Å². The van der Waals surface area contributed by atoms with Gasteiger partial charge in [-0.1, -0.05) is 25.7 Å². The van der Waals surface area contributed by atoms with Crippen LogP contribution in [0.5, 0.6) is 0 Å². The maximum atomic E-state index is 12.6. The second kappa shape index (κ2) is 7.98. The van der Waals surface area contributed by atoms with Gasteiger partial charge in [-0.3, -0.25) is 9.59 Å². The number of nitrogens with one attached hydrogen (secondary N) is 1. The fourth-order valence-electron chi connectivity index (χ4n) is 3.91. The number of amides is 1. The molecular formula is C21H22N4O4. The molecule has 8 heteroatoms. The van der Waals surface area contributed by atoms with E-state index in [1.807, 2.05) is 0 Å². The van der Waals surface area contributed by atoms with E-state index in [0.29, 0.717) is 34.6 Å². The van der Waals surface area contributed by atoms with Gasteiger partial charge in [-0.2, -0.15) is 0 Å². The summed E-state index contributed by atoms with van der Waals surface area (Å²) < 4.78 is 5.82. The molecule has 1 amide bonds. The lowest BCUT2D eigenvalue weighted by atomic mass is 10.0. The van der Waals surface area contributed by atoms with Crippen molar-refractivity contribution in [1.82, 2.24) is 14.4 Å². The molecule has 1 aliphatic carbocycles. The lowest BCUT2D eigenvalue weighted by molar-refractivity contribution is -0.116. The van der Waals surface area contributed by atoms with Gasteiger partial charge in [0.05, 0.1) is 12.6 Å². The van der Waals surface area contributed by atoms with E-state index in [0.717, 1.165) is 6.42 Å². The van der Waals surface area contributed by atoms with Crippen LogP contribution in [0.25, 0.3) is 16.6 Å². The maximum Gasteiger partial charge on any atom is 0.345 e. The Labute approximate surface area is 166 Å². The highest BCUT2D eigenvalue weighted by atomic mass is 16.5. The molecule has 150 valence electrons. The molecule has 0 bridgehead atoms. The molecule has 1 fully saturated rings. The van der Waals surface area contributed by atoms with Gasteiger partial charge in [0.2, 0.25) is 5.91 Å². The van der Waals surface area contributed by atoms with Crippen LogP contribution in [0.3, 0.4) is 0 Å². The quantitative estimate of drug-likeness (QED) is 0.527. The van der Waals surface area contributed by atoms with Crippen LogP contribution in [0.15, 0.2) is 35.5 Å². The zero-order chi connectivity index (χ0) is 20.4. The van der Waals surface area contributed by atoms with E-state index in [1.165, 1.54) is 49.7 Å². The second-order valence-corrected chi connectivity index (χ2v) is 7.38. The fraction of sp³-hybridized carbons (Fsp3) is 0.381. The molecule has 1 saturated carbocycles. The van der Waals surface area contributed by atoms with Gasteiger partial charge in [-0.25, -0.2) is 19.2 Å². The molecule has 1 aliphatic rings. The van der Waals surface area contributed by atoms with E-state index >= 15 is 0 Å². The van der Waals surface area contributed by atoms with Crippen molar-refractivity contribution < 1.29 is 14.3 Å². The summed E-state index contributed by atoms with van der Waals surface area (Å²) in [5.41, 5.74) is 0.890. The van der Waals surface area contributed by atoms with Crippen LogP contribution in [0.2, 0.25) is 0 Å². The Morgan fingerprint density at radius 1 is 1.24 bits per heavy atom. The topological polar surface area (TPSA) is 103 Å². The summed E-state index contributed by atoms with van der Waals surface area (Å²) in [6.07, 6.45) is 8.91. The summed E-state index contributed by atoms with van der Waals surface area (Å²) in [6, 6.07) is 5.29. The molecule has 29 heavy (non-hydrogen) atoms. The van der Waals surface area contributed by atoms with E-state index in [2.05, 4.69) is 20.0 Å². The Bertz CT molecular complexity index is 1150. The number of fused-ring (bicyclic) bond motifs is 3. The third-order valence-corrected chi connectivity index (χ3v) is 5.49. The number of hydrogen-bond acceptors (Lipinski definition) is 6. The Kier molecular flexibility index (Phi) is 5.24. The summed E-state index contributed by atoms with van der Waals surface area (Å²) in [4.78, 5) is 45.1. The Morgan fingerprint density at radius 3 is 2.79 bits per heavy atom. The maximum absolute atomic E-state index is 12.6. The number of carbonyl (C=O) groups is 2. The first-order valence-corrected chi connectivity index (χ1v) is 9.75. The van der Waals surface area contributed by atoms with Gasteiger partial charge in [-0.15, -0.1) is 0 Å². The number of ether oxygens (including phenoxy) is 1. The van der Waals surface area contributed by atoms with Crippen molar-refractivity contribution >= 4 is 34.1 Å². The minimum atomic E-state index is -0.750. The minimum absolute atomic E-state index is 0.0254. The van der Waals surface area contributed by atoms with Crippen molar-refractivity contribution in [2.45, 2.75) is 38.5 Å². The number of nitrogens with zero attached hydrogens (tertiary/aromatic N) is 3. The van der Waals surface area contributed by atoms with Crippen LogP contribution in [0.1, 0.15) is 48.9 Å². The van der Waals surface area contributed by atoms with Gasteiger partial charge in [0.1, 0.15) is 17.5 Å². The third kappa shape index (κ3) is 3.83. The molecule has 0 unspecified atom stereocenters. The third-order valence-electron chi connectivity index (χ3n) is 5.49. The SMILES string of the molecule is COC(=O)c1cnc2c3cc(NC(=O)CCC4CCCC4)ccc3ncn2c1=O. The molecular weight excluding hydrogens is 372 g/mol. The van der Waals surface area contributed by atoms with E-state index in [-0.39, 0.29) is 11.5 Å². The monoisotopic (exact) mass is 394 g/mol. The van der Waals surface area contributed by atoms with Crippen LogP contribution in [-0.4, -0.2) is 33.4 Å². The number of hydrogen-bond donors (Lipinski definition) is 1. The lowest BCUT2D eigenvalue weighted by Crippen LogP contribution is -2.24. The predicted molar refractivity (Wildman–Crippen MR) is 108 cm³/mol. The summed E-state index contributed by atoms with van der Waals surface area (Å²) in [7, 11) is 1.21. The lowest BCUT2D eigenvalue weighted by Gasteiger charge is -2.10. The number of benzene rings is 1. The normalized spacial score (nSPS) is 14.4. The van der Waals surface area contributed by atoms with Crippen LogP contribution in [0, 0.1) is 5.92 Å². The van der Waals surface area contributed by atoms with Gasteiger partial charge in [0.25, 0.3) is 5.56 Å². The molecule has 0 atom stereocenters. The van der Waals surface area contributed by atoms with Gasteiger partial charge in [-0.05, 0) is 30.5 Å². The summed E-state index contributed by atoms with van der Waals surface area (Å²) in [5.74, 6) is -0.117. The average molecular weight is 394 g/mol. The predicted octanol–water partition coefficient (Wildman–Crippen LogP) is 2.94.